The fourth-order valence-electron chi connectivity index (χ4n) is 6.56. The second kappa shape index (κ2) is 4.94. The fraction of sp³-hybridized carbons (Fsp3) is 0.842. The van der Waals surface area contributed by atoms with Crippen LogP contribution in [-0.4, -0.2) is 17.0 Å². The molecule has 4 rings (SSSR count). The van der Waals surface area contributed by atoms with Gasteiger partial charge in [-0.3, -0.25) is 4.79 Å². The first-order valence-electron chi connectivity index (χ1n) is 9.07. The number of ketones is 1. The molecular formula is C19H28O2. The highest BCUT2D eigenvalue weighted by atomic mass is 16.3. The molecule has 0 amide bonds. The zero-order valence-electron chi connectivity index (χ0n) is 13.2. The van der Waals surface area contributed by atoms with Crippen molar-refractivity contribution in [1.82, 2.24) is 0 Å². The van der Waals surface area contributed by atoms with E-state index in [4.69, 9.17) is 0 Å². The second-order valence-corrected chi connectivity index (χ2v) is 7.95. The lowest BCUT2D eigenvalue weighted by Gasteiger charge is -2.55. The Hall–Kier alpha value is -0.630. The Bertz CT molecular complexity index is 480. The molecule has 0 aromatic carbocycles. The third-order valence-electron chi connectivity index (χ3n) is 7.44. The van der Waals surface area contributed by atoms with Crippen molar-refractivity contribution in [3.05, 3.63) is 11.6 Å². The van der Waals surface area contributed by atoms with Gasteiger partial charge in [-0.1, -0.05) is 18.6 Å². The van der Waals surface area contributed by atoms with E-state index in [0.717, 1.165) is 25.7 Å². The van der Waals surface area contributed by atoms with E-state index in [0.29, 0.717) is 29.5 Å². The van der Waals surface area contributed by atoms with Crippen LogP contribution in [0.25, 0.3) is 0 Å². The Kier molecular flexibility index (Phi) is 3.29. The van der Waals surface area contributed by atoms with Gasteiger partial charge in [0.15, 0.2) is 0 Å². The van der Waals surface area contributed by atoms with Gasteiger partial charge >= 0.3 is 0 Å². The highest BCUT2D eigenvalue weighted by Gasteiger charge is 2.60. The van der Waals surface area contributed by atoms with Gasteiger partial charge in [-0.25, -0.2) is 0 Å². The van der Waals surface area contributed by atoms with Crippen LogP contribution in [0.3, 0.4) is 0 Å². The number of allylic oxidation sites excluding steroid dienone is 2. The van der Waals surface area contributed by atoms with Crippen molar-refractivity contribution < 1.29 is 9.90 Å². The molecular weight excluding hydrogens is 260 g/mol. The maximum Gasteiger partial charge on any atom is 0.139 e. The van der Waals surface area contributed by atoms with Crippen LogP contribution in [-0.2, 0) is 4.79 Å². The third-order valence-corrected chi connectivity index (χ3v) is 7.44. The van der Waals surface area contributed by atoms with Gasteiger partial charge in [0, 0.05) is 11.8 Å². The lowest BCUT2D eigenvalue weighted by molar-refractivity contribution is -0.143. The van der Waals surface area contributed by atoms with Gasteiger partial charge in [0.1, 0.15) is 5.78 Å². The molecule has 1 N–H and O–H groups in total. The second-order valence-electron chi connectivity index (χ2n) is 7.95. The molecule has 0 spiro atoms. The van der Waals surface area contributed by atoms with E-state index in [-0.39, 0.29) is 11.5 Å². The number of hydrogen-bond donors (Lipinski definition) is 1. The number of aliphatic hydroxyl groups excluding tert-OH is 1. The van der Waals surface area contributed by atoms with E-state index in [2.05, 4.69) is 13.0 Å². The summed E-state index contributed by atoms with van der Waals surface area (Å²) < 4.78 is 0. The largest absolute Gasteiger partial charge is 0.393 e. The molecule has 4 aliphatic carbocycles. The van der Waals surface area contributed by atoms with Gasteiger partial charge in [0.2, 0.25) is 0 Å². The average molecular weight is 288 g/mol. The van der Waals surface area contributed by atoms with E-state index >= 15 is 0 Å². The highest BCUT2D eigenvalue weighted by Crippen LogP contribution is 2.61. The maximum atomic E-state index is 12.5. The SMILES string of the molecule is CC[C@]12CC(O)[C@H]3[C@@H](CCC4=CCCC[C@@H]43)[C@@H]1CCC2=O. The van der Waals surface area contributed by atoms with Crippen LogP contribution in [0, 0.1) is 29.1 Å². The van der Waals surface area contributed by atoms with Gasteiger partial charge in [0.05, 0.1) is 6.10 Å². The molecule has 0 radical (unpaired) electrons. The minimum atomic E-state index is -0.250. The Morgan fingerprint density at radius 2 is 2.14 bits per heavy atom. The summed E-state index contributed by atoms with van der Waals surface area (Å²) in [5, 5.41) is 10.9. The number of rotatable bonds is 1. The summed E-state index contributed by atoms with van der Waals surface area (Å²) in [6.45, 7) is 2.16. The predicted octanol–water partition coefficient (Wildman–Crippen LogP) is 3.88. The topological polar surface area (TPSA) is 37.3 Å². The zero-order chi connectivity index (χ0) is 14.6. The molecule has 0 saturated heterocycles. The van der Waals surface area contributed by atoms with Crippen LogP contribution < -0.4 is 0 Å². The van der Waals surface area contributed by atoms with Gasteiger partial charge in [-0.15, -0.1) is 0 Å². The lowest BCUT2D eigenvalue weighted by Crippen LogP contribution is -2.53. The molecule has 3 fully saturated rings. The molecule has 4 aliphatic rings. The molecule has 2 nitrogen and oxygen atoms in total. The first kappa shape index (κ1) is 14.0. The Morgan fingerprint density at radius 1 is 1.29 bits per heavy atom. The summed E-state index contributed by atoms with van der Waals surface area (Å²) in [5.41, 5.74) is 1.46. The van der Waals surface area contributed by atoms with Crippen molar-refractivity contribution in [3.63, 3.8) is 0 Å². The predicted molar refractivity (Wildman–Crippen MR) is 82.7 cm³/mol. The van der Waals surface area contributed by atoms with E-state index in [1.165, 1.54) is 32.1 Å². The highest BCUT2D eigenvalue weighted by molar-refractivity contribution is 5.87. The van der Waals surface area contributed by atoms with Gasteiger partial charge < -0.3 is 5.11 Å². The van der Waals surface area contributed by atoms with Gasteiger partial charge in [0.25, 0.3) is 0 Å². The Morgan fingerprint density at radius 3 is 2.95 bits per heavy atom. The molecule has 0 bridgehead atoms. The molecule has 3 saturated carbocycles. The van der Waals surface area contributed by atoms with Crippen LogP contribution in [0.4, 0.5) is 0 Å². The molecule has 0 aromatic rings. The molecule has 2 heteroatoms. The molecule has 6 atom stereocenters. The summed E-state index contributed by atoms with van der Waals surface area (Å²) in [4.78, 5) is 12.5. The minimum absolute atomic E-state index is 0.170. The van der Waals surface area contributed by atoms with E-state index in [1.54, 1.807) is 5.57 Å². The Labute approximate surface area is 128 Å². The monoisotopic (exact) mass is 288 g/mol. The number of carbonyl (C=O) groups excluding carboxylic acids is 1. The smallest absolute Gasteiger partial charge is 0.139 e. The maximum absolute atomic E-state index is 12.5. The lowest BCUT2D eigenvalue weighted by atomic mass is 9.50. The molecule has 0 aromatic heterocycles. The summed E-state index contributed by atoms with van der Waals surface area (Å²) in [5.74, 6) is 2.68. The van der Waals surface area contributed by atoms with E-state index in [9.17, 15) is 9.90 Å². The van der Waals surface area contributed by atoms with Crippen molar-refractivity contribution >= 4 is 5.78 Å². The van der Waals surface area contributed by atoms with E-state index < -0.39 is 0 Å². The summed E-state index contributed by atoms with van der Waals surface area (Å²) in [6.07, 6.45) is 12.0. The van der Waals surface area contributed by atoms with Crippen molar-refractivity contribution in [1.29, 1.82) is 0 Å². The number of aliphatic hydroxyl groups is 1. The van der Waals surface area contributed by atoms with E-state index in [1.807, 2.05) is 0 Å². The first-order valence-corrected chi connectivity index (χ1v) is 9.07. The van der Waals surface area contributed by atoms with Crippen molar-refractivity contribution in [2.75, 3.05) is 0 Å². The zero-order valence-corrected chi connectivity index (χ0v) is 13.2. The summed E-state index contributed by atoms with van der Waals surface area (Å²) in [6, 6.07) is 0. The number of hydrogen-bond acceptors (Lipinski definition) is 2. The number of Topliss-reactive ketones (excluding diaryl/α,β-unsaturated/α-hetero) is 1. The molecule has 21 heavy (non-hydrogen) atoms. The fourth-order valence-corrected chi connectivity index (χ4v) is 6.56. The first-order chi connectivity index (χ1) is 10.2. The molecule has 0 heterocycles. The molecule has 116 valence electrons. The van der Waals surface area contributed by atoms with Crippen molar-refractivity contribution in [3.8, 4) is 0 Å². The number of carbonyl (C=O) groups is 1. The summed E-state index contributed by atoms with van der Waals surface area (Å²) >= 11 is 0. The molecule has 1 unspecified atom stereocenters. The van der Waals surface area contributed by atoms with Crippen LogP contribution in [0.15, 0.2) is 11.6 Å². The van der Waals surface area contributed by atoms with Gasteiger partial charge in [-0.05, 0) is 75.0 Å². The molecule has 0 aliphatic heterocycles. The van der Waals surface area contributed by atoms with Crippen LogP contribution >= 0.6 is 0 Å². The Balaban J connectivity index is 1.70. The standard InChI is InChI=1S/C19H28O2/c1-2-19-11-16(20)18-13-6-4-3-5-12(13)7-8-14(18)15(19)9-10-17(19)21/h5,13-16,18,20H,2-4,6-11H2,1H3/t13-,14-,15-,16?,18+,19-/m0/s1. The third kappa shape index (κ3) is 1.84. The van der Waals surface area contributed by atoms with Crippen molar-refractivity contribution in [2.24, 2.45) is 29.1 Å². The average Bonchev–Trinajstić information content (AvgIpc) is 2.84. The van der Waals surface area contributed by atoms with Crippen molar-refractivity contribution in [2.45, 2.75) is 70.8 Å². The quantitative estimate of drug-likeness (QED) is 0.743. The summed E-state index contributed by atoms with van der Waals surface area (Å²) in [7, 11) is 0. The minimum Gasteiger partial charge on any atom is -0.393 e. The van der Waals surface area contributed by atoms with Crippen LogP contribution in [0.1, 0.15) is 64.7 Å². The number of fused-ring (bicyclic) bond motifs is 5. The van der Waals surface area contributed by atoms with Gasteiger partial charge in [-0.2, -0.15) is 0 Å². The van der Waals surface area contributed by atoms with Crippen LogP contribution in [0.5, 0.6) is 0 Å². The normalized spacial score (nSPS) is 49.1. The van der Waals surface area contributed by atoms with Crippen LogP contribution in [0.2, 0.25) is 0 Å².